The minimum absolute atomic E-state index is 0.118. The molecular formula is C18H9BrCl2F3N2+. The molecule has 0 radical (unpaired) electrons. The van der Waals surface area contributed by atoms with Crippen molar-refractivity contribution in [2.45, 2.75) is 6.18 Å². The van der Waals surface area contributed by atoms with Crippen LogP contribution in [0.3, 0.4) is 0 Å². The summed E-state index contributed by atoms with van der Waals surface area (Å²) in [6.07, 6.45) is -3.46. The van der Waals surface area contributed by atoms with Gasteiger partial charge in [-0.05, 0) is 34.1 Å². The Hall–Kier alpha value is -1.78. The standard InChI is InChI=1S/C18H9BrCl2F3N2/c19-16-11(9-25)10-26(17(16)18(22,23)24,14-6-4-12(20)5-7-14)15-3-1-2-13(21)8-15/h1-8,10H/q+1. The van der Waals surface area contributed by atoms with Gasteiger partial charge in [-0.25, -0.2) is 0 Å². The van der Waals surface area contributed by atoms with E-state index in [0.29, 0.717) is 5.02 Å². The second-order valence-electron chi connectivity index (χ2n) is 5.49. The number of hydrogen-bond acceptors (Lipinski definition) is 1. The Kier molecular flexibility index (Phi) is 4.93. The third kappa shape index (κ3) is 3.06. The van der Waals surface area contributed by atoms with E-state index in [-0.39, 0.29) is 26.5 Å². The molecule has 2 aromatic carbocycles. The second-order valence-corrected chi connectivity index (χ2v) is 7.16. The molecule has 0 spiro atoms. The molecular weight excluding hydrogens is 452 g/mol. The molecule has 0 bridgehead atoms. The van der Waals surface area contributed by atoms with Crippen molar-refractivity contribution in [3.8, 4) is 6.07 Å². The van der Waals surface area contributed by atoms with E-state index < -0.39 is 16.4 Å². The summed E-state index contributed by atoms with van der Waals surface area (Å²) >= 11 is 14.9. The van der Waals surface area contributed by atoms with Crippen LogP contribution in [0.5, 0.6) is 0 Å². The predicted molar refractivity (Wildman–Crippen MR) is 100 cm³/mol. The molecule has 1 atom stereocenters. The second kappa shape index (κ2) is 6.75. The summed E-state index contributed by atoms with van der Waals surface area (Å²) in [7, 11) is 0. The normalized spacial score (nSPS) is 20.1. The van der Waals surface area contributed by atoms with E-state index in [4.69, 9.17) is 23.2 Å². The molecule has 2 aromatic rings. The van der Waals surface area contributed by atoms with Crippen LogP contribution in [0.1, 0.15) is 0 Å². The largest absolute Gasteiger partial charge is 0.469 e. The molecule has 0 fully saturated rings. The van der Waals surface area contributed by atoms with Crippen molar-refractivity contribution < 1.29 is 13.2 Å². The number of allylic oxidation sites excluding steroid dienone is 3. The van der Waals surface area contributed by atoms with Crippen molar-refractivity contribution in [3.05, 3.63) is 80.5 Å². The van der Waals surface area contributed by atoms with Crippen LogP contribution in [0.15, 0.2) is 70.5 Å². The smallest absolute Gasteiger partial charge is 0.194 e. The first kappa shape index (κ1) is 19.0. The van der Waals surface area contributed by atoms with Gasteiger partial charge in [0, 0.05) is 34.3 Å². The molecule has 1 unspecified atom stereocenters. The lowest BCUT2D eigenvalue weighted by Gasteiger charge is -2.33. The van der Waals surface area contributed by atoms with Crippen LogP contribution in [0.4, 0.5) is 24.5 Å². The Bertz CT molecular complexity index is 975. The van der Waals surface area contributed by atoms with Crippen LogP contribution in [-0.2, 0) is 0 Å². The topological polar surface area (TPSA) is 23.8 Å². The van der Waals surface area contributed by atoms with E-state index in [1.165, 1.54) is 42.6 Å². The van der Waals surface area contributed by atoms with E-state index in [9.17, 15) is 18.4 Å². The molecule has 0 saturated heterocycles. The van der Waals surface area contributed by atoms with Gasteiger partial charge in [0.2, 0.25) is 5.70 Å². The summed E-state index contributed by atoms with van der Waals surface area (Å²) in [4.78, 5) is 0. The summed E-state index contributed by atoms with van der Waals surface area (Å²) < 4.78 is 41.1. The molecule has 1 heterocycles. The number of halogens is 6. The van der Waals surface area contributed by atoms with E-state index in [1.807, 2.05) is 6.07 Å². The van der Waals surface area contributed by atoms with Crippen molar-refractivity contribution in [2.75, 3.05) is 0 Å². The predicted octanol–water partition coefficient (Wildman–Crippen LogP) is 7.22. The van der Waals surface area contributed by atoms with Crippen molar-refractivity contribution in [1.82, 2.24) is 4.48 Å². The van der Waals surface area contributed by atoms with Crippen LogP contribution in [0, 0.1) is 11.3 Å². The molecule has 0 amide bonds. The minimum atomic E-state index is -4.71. The van der Waals surface area contributed by atoms with E-state index in [0.717, 1.165) is 0 Å². The van der Waals surface area contributed by atoms with E-state index in [2.05, 4.69) is 15.9 Å². The maximum atomic E-state index is 14.1. The third-order valence-electron chi connectivity index (χ3n) is 3.96. The Morgan fingerprint density at radius 2 is 1.62 bits per heavy atom. The summed E-state index contributed by atoms with van der Waals surface area (Å²) in [5, 5.41) is 10.0. The monoisotopic (exact) mass is 459 g/mol. The summed E-state index contributed by atoms with van der Waals surface area (Å²) in [5.74, 6) is 0. The van der Waals surface area contributed by atoms with Gasteiger partial charge < -0.3 is 0 Å². The first-order chi connectivity index (χ1) is 12.2. The van der Waals surface area contributed by atoms with Gasteiger partial charge in [-0.1, -0.05) is 29.3 Å². The Balaban J connectivity index is 2.44. The van der Waals surface area contributed by atoms with Crippen LogP contribution in [0.25, 0.3) is 0 Å². The number of nitrogens with zero attached hydrogens (tertiary/aromatic N) is 2. The highest BCUT2D eigenvalue weighted by atomic mass is 79.9. The fraction of sp³-hybridized carbons (Fsp3) is 0.0556. The minimum Gasteiger partial charge on any atom is -0.194 e. The first-order valence-corrected chi connectivity index (χ1v) is 8.77. The lowest BCUT2D eigenvalue weighted by molar-refractivity contribution is -0.103. The first-order valence-electron chi connectivity index (χ1n) is 7.22. The van der Waals surface area contributed by atoms with Crippen molar-refractivity contribution >= 4 is 50.5 Å². The number of hydrogen-bond donors (Lipinski definition) is 0. The van der Waals surface area contributed by atoms with Crippen LogP contribution in [-0.4, -0.2) is 6.18 Å². The maximum absolute atomic E-state index is 14.1. The lowest BCUT2D eigenvalue weighted by atomic mass is 10.1. The molecule has 3 rings (SSSR count). The average molecular weight is 461 g/mol. The Morgan fingerprint density at radius 3 is 2.15 bits per heavy atom. The Labute approximate surface area is 166 Å². The molecule has 1 aliphatic rings. The van der Waals surface area contributed by atoms with E-state index >= 15 is 0 Å². The molecule has 0 aromatic heterocycles. The van der Waals surface area contributed by atoms with Gasteiger partial charge in [0.15, 0.2) is 0 Å². The summed E-state index contributed by atoms with van der Waals surface area (Å²) in [5.41, 5.74) is -0.536. The average Bonchev–Trinajstić information content (AvgIpc) is 2.89. The third-order valence-corrected chi connectivity index (χ3v) is 5.25. The zero-order valence-electron chi connectivity index (χ0n) is 12.9. The van der Waals surface area contributed by atoms with Crippen LogP contribution in [0.2, 0.25) is 10.0 Å². The number of nitriles is 1. The van der Waals surface area contributed by atoms with Crippen LogP contribution < -0.4 is 4.48 Å². The lowest BCUT2D eigenvalue weighted by Crippen LogP contribution is -2.42. The van der Waals surface area contributed by atoms with E-state index in [1.54, 1.807) is 12.1 Å². The van der Waals surface area contributed by atoms with Gasteiger partial charge in [-0.15, -0.1) is 0 Å². The molecule has 1 aliphatic heterocycles. The molecule has 132 valence electrons. The number of alkyl halides is 3. The van der Waals surface area contributed by atoms with Gasteiger partial charge >= 0.3 is 6.18 Å². The highest BCUT2D eigenvalue weighted by Crippen LogP contribution is 2.53. The SMILES string of the molecule is N#CC1=C[N+](c2ccc(Cl)cc2)(c2cccc(Cl)c2)C(C(F)(F)F)=C1Br. The van der Waals surface area contributed by atoms with Crippen molar-refractivity contribution in [1.29, 1.82) is 5.26 Å². The molecule has 26 heavy (non-hydrogen) atoms. The fourth-order valence-corrected chi connectivity index (χ4v) is 3.93. The zero-order valence-corrected chi connectivity index (χ0v) is 16.0. The molecule has 8 heteroatoms. The Morgan fingerprint density at radius 1 is 0.962 bits per heavy atom. The molecule has 2 nitrogen and oxygen atoms in total. The molecule has 0 N–H and O–H groups in total. The number of quaternary nitrogens is 1. The highest BCUT2D eigenvalue weighted by Gasteiger charge is 2.57. The van der Waals surface area contributed by atoms with Gasteiger partial charge in [-0.2, -0.15) is 22.9 Å². The van der Waals surface area contributed by atoms with Gasteiger partial charge in [0.25, 0.3) is 0 Å². The van der Waals surface area contributed by atoms with Crippen molar-refractivity contribution in [2.24, 2.45) is 0 Å². The maximum Gasteiger partial charge on any atom is 0.469 e. The van der Waals surface area contributed by atoms with Gasteiger partial charge in [-0.3, -0.25) is 0 Å². The fourth-order valence-electron chi connectivity index (χ4n) is 2.93. The molecule has 0 saturated carbocycles. The van der Waals surface area contributed by atoms with Crippen molar-refractivity contribution in [3.63, 3.8) is 0 Å². The highest BCUT2D eigenvalue weighted by molar-refractivity contribution is 9.12. The van der Waals surface area contributed by atoms with Gasteiger partial charge in [0.1, 0.15) is 33.7 Å². The summed E-state index contributed by atoms with van der Waals surface area (Å²) in [6.45, 7) is 0. The summed E-state index contributed by atoms with van der Waals surface area (Å²) in [6, 6.07) is 13.9. The van der Waals surface area contributed by atoms with Gasteiger partial charge in [0.05, 0.1) is 0 Å². The molecule has 0 aliphatic carbocycles. The zero-order chi connectivity index (χ0) is 19.1. The van der Waals surface area contributed by atoms with Crippen LogP contribution >= 0.6 is 39.1 Å². The number of benzene rings is 2. The quantitative estimate of drug-likeness (QED) is 0.434. The number of rotatable bonds is 2.